The molecule has 2 aromatic rings. The number of rotatable bonds is 3. The molecule has 1 N–H and O–H groups in total. The maximum atomic E-state index is 12.7. The Balaban J connectivity index is 2.29. The van der Waals surface area contributed by atoms with Gasteiger partial charge in [-0.2, -0.15) is 0 Å². The molecular formula is C12H10FNO3. The molecule has 0 bridgehead atoms. The van der Waals surface area contributed by atoms with E-state index in [1.807, 2.05) is 0 Å². The molecule has 17 heavy (non-hydrogen) atoms. The van der Waals surface area contributed by atoms with E-state index in [1.54, 1.807) is 0 Å². The highest BCUT2D eigenvalue weighted by atomic mass is 19.1. The van der Waals surface area contributed by atoms with Gasteiger partial charge in [-0.05, 0) is 31.2 Å². The number of carboxylic acids is 1. The first-order valence-electron chi connectivity index (χ1n) is 5.02. The minimum Gasteiger partial charge on any atom is -0.481 e. The van der Waals surface area contributed by atoms with Gasteiger partial charge in [-0.1, -0.05) is 0 Å². The van der Waals surface area contributed by atoms with E-state index in [-0.39, 0.29) is 11.7 Å². The predicted octanol–water partition coefficient (Wildman–Crippen LogP) is 2.67. The average Bonchev–Trinajstić information content (AvgIpc) is 2.78. The monoisotopic (exact) mass is 235 g/mol. The Hall–Kier alpha value is -2.17. The smallest absolute Gasteiger partial charge is 0.312 e. The van der Waals surface area contributed by atoms with Crippen LogP contribution in [0.15, 0.2) is 34.9 Å². The number of hydrogen-bond donors (Lipinski definition) is 1. The molecule has 1 heterocycles. The van der Waals surface area contributed by atoms with E-state index in [0.717, 1.165) is 0 Å². The Morgan fingerprint density at radius 2 is 2.06 bits per heavy atom. The third kappa shape index (κ3) is 2.33. The molecule has 0 saturated heterocycles. The van der Waals surface area contributed by atoms with Crippen molar-refractivity contribution < 1.29 is 18.7 Å². The quantitative estimate of drug-likeness (QED) is 0.888. The van der Waals surface area contributed by atoms with Gasteiger partial charge in [0.05, 0.1) is 11.6 Å². The van der Waals surface area contributed by atoms with Crippen LogP contribution >= 0.6 is 0 Å². The molecule has 1 unspecified atom stereocenters. The normalized spacial score (nSPS) is 12.4. The summed E-state index contributed by atoms with van der Waals surface area (Å²) in [7, 11) is 0. The number of nitrogens with zero attached hydrogens (tertiary/aromatic N) is 1. The van der Waals surface area contributed by atoms with Crippen molar-refractivity contribution in [1.82, 2.24) is 4.98 Å². The lowest BCUT2D eigenvalue weighted by Crippen LogP contribution is -2.07. The SMILES string of the molecule is CC(C(=O)O)c1coc(-c2ccc(F)cc2)n1. The first kappa shape index (κ1) is 11.3. The van der Waals surface area contributed by atoms with E-state index in [0.29, 0.717) is 11.3 Å². The van der Waals surface area contributed by atoms with E-state index in [1.165, 1.54) is 37.5 Å². The van der Waals surface area contributed by atoms with Crippen LogP contribution < -0.4 is 0 Å². The Kier molecular flexibility index (Phi) is 2.91. The van der Waals surface area contributed by atoms with Gasteiger partial charge in [0.2, 0.25) is 5.89 Å². The Morgan fingerprint density at radius 3 is 2.65 bits per heavy atom. The molecule has 4 nitrogen and oxygen atoms in total. The molecule has 2 rings (SSSR count). The fraction of sp³-hybridized carbons (Fsp3) is 0.167. The highest BCUT2D eigenvalue weighted by Gasteiger charge is 2.18. The van der Waals surface area contributed by atoms with E-state index in [9.17, 15) is 9.18 Å². The second kappa shape index (κ2) is 4.37. The van der Waals surface area contributed by atoms with E-state index >= 15 is 0 Å². The van der Waals surface area contributed by atoms with Crippen LogP contribution in [0.25, 0.3) is 11.5 Å². The maximum absolute atomic E-state index is 12.7. The molecule has 0 spiro atoms. The number of hydrogen-bond acceptors (Lipinski definition) is 3. The van der Waals surface area contributed by atoms with Gasteiger partial charge in [-0.15, -0.1) is 0 Å². The molecule has 0 aliphatic carbocycles. The lowest BCUT2D eigenvalue weighted by molar-refractivity contribution is -0.138. The van der Waals surface area contributed by atoms with E-state index in [2.05, 4.69) is 4.98 Å². The summed E-state index contributed by atoms with van der Waals surface area (Å²) in [6.07, 6.45) is 1.30. The molecular weight excluding hydrogens is 225 g/mol. The molecule has 0 aliphatic heterocycles. The van der Waals surface area contributed by atoms with Crippen LogP contribution in [0.3, 0.4) is 0 Å². The summed E-state index contributed by atoms with van der Waals surface area (Å²) in [4.78, 5) is 14.8. The summed E-state index contributed by atoms with van der Waals surface area (Å²) < 4.78 is 17.9. The van der Waals surface area contributed by atoms with Crippen molar-refractivity contribution in [3.63, 3.8) is 0 Å². The fourth-order valence-electron chi connectivity index (χ4n) is 1.34. The largest absolute Gasteiger partial charge is 0.481 e. The average molecular weight is 235 g/mol. The summed E-state index contributed by atoms with van der Waals surface area (Å²) in [6, 6.07) is 5.63. The first-order valence-corrected chi connectivity index (χ1v) is 5.02. The van der Waals surface area contributed by atoms with Gasteiger partial charge in [0, 0.05) is 5.56 Å². The van der Waals surface area contributed by atoms with Crippen LogP contribution in [0.1, 0.15) is 18.5 Å². The van der Waals surface area contributed by atoms with Crippen molar-refractivity contribution in [3.05, 3.63) is 42.0 Å². The second-order valence-corrected chi connectivity index (χ2v) is 3.64. The number of aliphatic carboxylic acids is 1. The highest BCUT2D eigenvalue weighted by Crippen LogP contribution is 2.22. The summed E-state index contributed by atoms with van der Waals surface area (Å²) in [5.41, 5.74) is 0.951. The van der Waals surface area contributed by atoms with Gasteiger partial charge >= 0.3 is 5.97 Å². The zero-order valence-electron chi connectivity index (χ0n) is 9.05. The lowest BCUT2D eigenvalue weighted by Gasteiger charge is -1.98. The summed E-state index contributed by atoms with van der Waals surface area (Å²) >= 11 is 0. The number of carbonyl (C=O) groups is 1. The van der Waals surface area contributed by atoms with Crippen LogP contribution in [0, 0.1) is 5.82 Å². The molecule has 1 aromatic heterocycles. The second-order valence-electron chi connectivity index (χ2n) is 3.64. The lowest BCUT2D eigenvalue weighted by atomic mass is 10.1. The summed E-state index contributed by atoms with van der Waals surface area (Å²) in [6.45, 7) is 1.52. The van der Waals surface area contributed by atoms with Gasteiger partial charge in [0.1, 0.15) is 12.1 Å². The fourth-order valence-corrected chi connectivity index (χ4v) is 1.34. The number of halogens is 1. The maximum Gasteiger partial charge on any atom is 0.312 e. The van der Waals surface area contributed by atoms with Gasteiger partial charge in [-0.3, -0.25) is 4.79 Å². The Labute approximate surface area is 96.7 Å². The van der Waals surface area contributed by atoms with Crippen molar-refractivity contribution in [2.75, 3.05) is 0 Å². The molecule has 1 aromatic carbocycles. The molecule has 88 valence electrons. The molecule has 0 radical (unpaired) electrons. The first-order chi connectivity index (χ1) is 8.08. The van der Waals surface area contributed by atoms with Crippen LogP contribution in [-0.4, -0.2) is 16.1 Å². The summed E-state index contributed by atoms with van der Waals surface area (Å²) in [5, 5.41) is 8.82. The third-order valence-electron chi connectivity index (χ3n) is 2.43. The Morgan fingerprint density at radius 1 is 1.41 bits per heavy atom. The minimum absolute atomic E-state index is 0.285. The van der Waals surface area contributed by atoms with Crippen LogP contribution in [0.2, 0.25) is 0 Å². The van der Waals surface area contributed by atoms with Crippen molar-refractivity contribution in [2.45, 2.75) is 12.8 Å². The standard InChI is InChI=1S/C12H10FNO3/c1-7(12(15)16)10-6-17-11(14-10)8-2-4-9(13)5-3-8/h2-7H,1H3,(H,15,16). The van der Waals surface area contributed by atoms with Crippen molar-refractivity contribution in [3.8, 4) is 11.5 Å². The Bertz CT molecular complexity index is 533. The van der Waals surface area contributed by atoms with Gasteiger partial charge in [0.15, 0.2) is 0 Å². The molecule has 1 atom stereocenters. The van der Waals surface area contributed by atoms with Gasteiger partial charge in [-0.25, -0.2) is 9.37 Å². The zero-order valence-corrected chi connectivity index (χ0v) is 9.05. The third-order valence-corrected chi connectivity index (χ3v) is 2.43. The number of oxazole rings is 1. The topological polar surface area (TPSA) is 63.3 Å². The highest BCUT2D eigenvalue weighted by molar-refractivity contribution is 5.74. The predicted molar refractivity (Wildman–Crippen MR) is 57.9 cm³/mol. The van der Waals surface area contributed by atoms with Crippen molar-refractivity contribution in [2.24, 2.45) is 0 Å². The molecule has 0 saturated carbocycles. The molecule has 5 heteroatoms. The van der Waals surface area contributed by atoms with E-state index in [4.69, 9.17) is 9.52 Å². The zero-order chi connectivity index (χ0) is 12.4. The van der Waals surface area contributed by atoms with E-state index < -0.39 is 11.9 Å². The molecule has 0 aliphatic rings. The number of aromatic nitrogens is 1. The van der Waals surface area contributed by atoms with Crippen molar-refractivity contribution >= 4 is 5.97 Å². The molecule has 0 fully saturated rings. The number of benzene rings is 1. The van der Waals surface area contributed by atoms with Crippen LogP contribution in [0.5, 0.6) is 0 Å². The summed E-state index contributed by atoms with van der Waals surface area (Å²) in [5.74, 6) is -1.76. The van der Waals surface area contributed by atoms with Gasteiger partial charge < -0.3 is 9.52 Å². The van der Waals surface area contributed by atoms with Crippen LogP contribution in [0.4, 0.5) is 4.39 Å². The van der Waals surface area contributed by atoms with Gasteiger partial charge in [0.25, 0.3) is 0 Å². The minimum atomic E-state index is -0.969. The number of carboxylic acid groups (broad SMARTS) is 1. The molecule has 0 amide bonds. The van der Waals surface area contributed by atoms with Crippen molar-refractivity contribution in [1.29, 1.82) is 0 Å². The van der Waals surface area contributed by atoms with Crippen LogP contribution in [-0.2, 0) is 4.79 Å².